The second-order valence-corrected chi connectivity index (χ2v) is 6.08. The van der Waals surface area contributed by atoms with Crippen molar-refractivity contribution in [3.63, 3.8) is 0 Å². The average Bonchev–Trinajstić information content (AvgIpc) is 2.87. The minimum absolute atomic E-state index is 0.324. The Balaban J connectivity index is 1.75. The Hall–Kier alpha value is -2.88. The van der Waals surface area contributed by atoms with Gasteiger partial charge in [0.25, 0.3) is 0 Å². The molecular weight excluding hydrogens is 296 g/mol. The Morgan fingerprint density at radius 2 is 1.50 bits per heavy atom. The van der Waals surface area contributed by atoms with Gasteiger partial charge in [0.1, 0.15) is 5.82 Å². The number of anilines is 2. The first-order chi connectivity index (χ1) is 11.8. The zero-order valence-electron chi connectivity index (χ0n) is 13.5. The lowest BCUT2D eigenvalue weighted by Gasteiger charge is -2.13. The van der Waals surface area contributed by atoms with Crippen molar-refractivity contribution < 1.29 is 0 Å². The summed E-state index contributed by atoms with van der Waals surface area (Å²) in [7, 11) is 0. The molecule has 0 spiro atoms. The van der Waals surface area contributed by atoms with Gasteiger partial charge in [-0.3, -0.25) is 0 Å². The molecular formula is C20H20N4. The van der Waals surface area contributed by atoms with E-state index in [4.69, 9.17) is 5.73 Å². The largest absolute Gasteiger partial charge is 0.370 e. The van der Waals surface area contributed by atoms with Crippen LogP contribution in [0.2, 0.25) is 0 Å². The molecule has 1 aromatic heterocycles. The number of nitrogens with two attached hydrogens (primary N) is 1. The molecule has 4 nitrogen and oxygen atoms in total. The maximum absolute atomic E-state index is 5.93. The van der Waals surface area contributed by atoms with Crippen LogP contribution in [0, 0.1) is 0 Å². The van der Waals surface area contributed by atoms with E-state index in [0.29, 0.717) is 5.95 Å². The van der Waals surface area contributed by atoms with E-state index in [1.807, 2.05) is 6.07 Å². The molecule has 0 saturated carbocycles. The summed E-state index contributed by atoms with van der Waals surface area (Å²) in [5.74, 6) is 1.22. The van der Waals surface area contributed by atoms with Gasteiger partial charge in [-0.25, -0.2) is 4.98 Å². The molecule has 0 bridgehead atoms. The number of aromatic nitrogens is 2. The highest BCUT2D eigenvalue weighted by Gasteiger charge is 2.17. The smallest absolute Gasteiger partial charge is 0.222 e. The summed E-state index contributed by atoms with van der Waals surface area (Å²) in [5.41, 5.74) is 11.6. The van der Waals surface area contributed by atoms with Crippen molar-refractivity contribution in [2.24, 2.45) is 0 Å². The number of nitrogens with zero attached hydrogens (tertiary/aromatic N) is 2. The zero-order valence-corrected chi connectivity index (χ0v) is 13.5. The van der Waals surface area contributed by atoms with Gasteiger partial charge in [-0.05, 0) is 30.4 Å². The molecule has 0 amide bonds. The lowest BCUT2D eigenvalue weighted by Crippen LogP contribution is -2.07. The molecule has 0 atom stereocenters. The molecule has 0 unspecified atom stereocenters. The van der Waals surface area contributed by atoms with Crippen LogP contribution in [-0.2, 0) is 6.42 Å². The van der Waals surface area contributed by atoms with Crippen molar-refractivity contribution in [2.45, 2.75) is 19.3 Å². The quantitative estimate of drug-likeness (QED) is 0.746. The minimum Gasteiger partial charge on any atom is -0.370 e. The number of fused-ring (bicyclic) bond motifs is 1. The zero-order chi connectivity index (χ0) is 16.4. The number of benzene rings is 2. The summed E-state index contributed by atoms with van der Waals surface area (Å²) in [6, 6.07) is 18.9. The van der Waals surface area contributed by atoms with Crippen LogP contribution in [0.15, 0.2) is 54.6 Å². The number of hydrogen-bond donors (Lipinski definition) is 2. The molecule has 3 aromatic rings. The van der Waals surface area contributed by atoms with Gasteiger partial charge < -0.3 is 11.1 Å². The molecule has 24 heavy (non-hydrogen) atoms. The molecule has 3 N–H and O–H groups in total. The molecule has 4 heteroatoms. The van der Waals surface area contributed by atoms with Gasteiger partial charge in [0, 0.05) is 17.7 Å². The van der Waals surface area contributed by atoms with Crippen LogP contribution < -0.4 is 11.1 Å². The third-order valence-electron chi connectivity index (χ3n) is 4.44. The van der Waals surface area contributed by atoms with Gasteiger partial charge >= 0.3 is 0 Å². The molecule has 2 aromatic carbocycles. The Labute approximate surface area is 141 Å². The molecule has 2 heterocycles. The Morgan fingerprint density at radius 1 is 0.792 bits per heavy atom. The lowest BCUT2D eigenvalue weighted by molar-refractivity contribution is 0.785. The number of nitrogen functional groups attached to an aromatic ring is 1. The second-order valence-electron chi connectivity index (χ2n) is 6.08. The van der Waals surface area contributed by atoms with Gasteiger partial charge in [-0.1, -0.05) is 54.6 Å². The first-order valence-corrected chi connectivity index (χ1v) is 8.37. The Kier molecular flexibility index (Phi) is 3.87. The highest BCUT2D eigenvalue weighted by Crippen LogP contribution is 2.31. The third-order valence-corrected chi connectivity index (χ3v) is 4.44. The van der Waals surface area contributed by atoms with E-state index in [0.717, 1.165) is 42.9 Å². The Bertz CT molecular complexity index is 842. The van der Waals surface area contributed by atoms with Crippen molar-refractivity contribution in [3.05, 3.63) is 60.2 Å². The van der Waals surface area contributed by atoms with Crippen LogP contribution in [0.4, 0.5) is 11.8 Å². The van der Waals surface area contributed by atoms with Gasteiger partial charge in [0.15, 0.2) is 0 Å². The summed E-state index contributed by atoms with van der Waals surface area (Å²) in [5, 5.41) is 3.38. The molecule has 1 aliphatic heterocycles. The van der Waals surface area contributed by atoms with Gasteiger partial charge in [0.2, 0.25) is 5.95 Å². The van der Waals surface area contributed by atoms with Crippen LogP contribution in [0.25, 0.3) is 22.4 Å². The van der Waals surface area contributed by atoms with E-state index in [9.17, 15) is 0 Å². The van der Waals surface area contributed by atoms with E-state index in [1.54, 1.807) is 0 Å². The summed E-state index contributed by atoms with van der Waals surface area (Å²) in [6.45, 7) is 0.940. The molecule has 0 fully saturated rings. The average molecular weight is 316 g/mol. The third kappa shape index (κ3) is 2.83. The van der Waals surface area contributed by atoms with Crippen molar-refractivity contribution in [1.82, 2.24) is 9.97 Å². The van der Waals surface area contributed by atoms with E-state index >= 15 is 0 Å². The van der Waals surface area contributed by atoms with E-state index in [1.165, 1.54) is 16.7 Å². The summed E-state index contributed by atoms with van der Waals surface area (Å²) in [4.78, 5) is 8.91. The van der Waals surface area contributed by atoms with E-state index < -0.39 is 0 Å². The van der Waals surface area contributed by atoms with E-state index in [-0.39, 0.29) is 0 Å². The SMILES string of the molecule is Nc1nc2c(c(-c3ccc(-c4ccccc4)cc3)n1)CCCCN2. The maximum atomic E-state index is 5.93. The van der Waals surface area contributed by atoms with Gasteiger partial charge in [-0.15, -0.1) is 0 Å². The van der Waals surface area contributed by atoms with Crippen molar-refractivity contribution in [3.8, 4) is 22.4 Å². The topological polar surface area (TPSA) is 63.8 Å². The molecule has 0 aliphatic carbocycles. The van der Waals surface area contributed by atoms with Crippen LogP contribution in [0.1, 0.15) is 18.4 Å². The van der Waals surface area contributed by atoms with Crippen LogP contribution in [0.3, 0.4) is 0 Å². The van der Waals surface area contributed by atoms with E-state index in [2.05, 4.69) is 63.8 Å². The fraction of sp³-hybridized carbons (Fsp3) is 0.200. The van der Waals surface area contributed by atoms with Crippen LogP contribution >= 0.6 is 0 Å². The molecule has 120 valence electrons. The highest BCUT2D eigenvalue weighted by molar-refractivity contribution is 5.73. The number of nitrogens with one attached hydrogen (secondary N) is 1. The summed E-state index contributed by atoms with van der Waals surface area (Å²) in [6.07, 6.45) is 3.27. The van der Waals surface area contributed by atoms with Crippen LogP contribution in [0.5, 0.6) is 0 Å². The number of rotatable bonds is 2. The predicted molar refractivity (Wildman–Crippen MR) is 98.7 cm³/mol. The van der Waals surface area contributed by atoms with Crippen molar-refractivity contribution in [1.29, 1.82) is 0 Å². The predicted octanol–water partition coefficient (Wildman–Crippen LogP) is 4.14. The monoisotopic (exact) mass is 316 g/mol. The fourth-order valence-corrected chi connectivity index (χ4v) is 3.21. The van der Waals surface area contributed by atoms with Gasteiger partial charge in [0.05, 0.1) is 5.69 Å². The first kappa shape index (κ1) is 14.7. The second kappa shape index (κ2) is 6.32. The maximum Gasteiger partial charge on any atom is 0.222 e. The molecule has 4 rings (SSSR count). The standard InChI is InChI=1S/C20H20N4/c21-20-23-18(17-8-4-5-13-22-19(17)24-20)16-11-9-15(10-12-16)14-6-2-1-3-7-14/h1-3,6-7,9-12H,4-5,8,13H2,(H3,21,22,23,24). The minimum atomic E-state index is 0.324. The van der Waals surface area contributed by atoms with Gasteiger partial charge in [-0.2, -0.15) is 4.98 Å². The Morgan fingerprint density at radius 3 is 2.29 bits per heavy atom. The fourth-order valence-electron chi connectivity index (χ4n) is 3.21. The molecule has 0 saturated heterocycles. The normalized spacial score (nSPS) is 13.7. The van der Waals surface area contributed by atoms with Crippen LogP contribution in [-0.4, -0.2) is 16.5 Å². The summed E-state index contributed by atoms with van der Waals surface area (Å²) >= 11 is 0. The lowest BCUT2D eigenvalue weighted by atomic mass is 9.99. The molecule has 1 aliphatic rings. The highest BCUT2D eigenvalue weighted by atomic mass is 15.1. The van der Waals surface area contributed by atoms with Crippen molar-refractivity contribution >= 4 is 11.8 Å². The molecule has 0 radical (unpaired) electrons. The van der Waals surface area contributed by atoms with Crippen molar-refractivity contribution in [2.75, 3.05) is 17.6 Å². The summed E-state index contributed by atoms with van der Waals surface area (Å²) < 4.78 is 0. The first-order valence-electron chi connectivity index (χ1n) is 8.37. The number of hydrogen-bond acceptors (Lipinski definition) is 4.